The van der Waals surface area contributed by atoms with Gasteiger partial charge in [-0.05, 0) is 35.4 Å². The first-order valence-electron chi connectivity index (χ1n) is 11.1. The van der Waals surface area contributed by atoms with E-state index in [1.165, 1.54) is 53.0 Å². The normalized spacial score (nSPS) is 12.2. The van der Waals surface area contributed by atoms with Gasteiger partial charge in [-0.25, -0.2) is 0 Å². The van der Waals surface area contributed by atoms with Crippen LogP contribution >= 0.6 is 11.3 Å². The summed E-state index contributed by atoms with van der Waals surface area (Å²) in [6.45, 7) is 0. The van der Waals surface area contributed by atoms with Gasteiger partial charge in [-0.1, -0.05) is 72.8 Å². The van der Waals surface area contributed by atoms with Crippen LogP contribution in [0.15, 0.2) is 101 Å². The Bertz CT molecular complexity index is 2040. The van der Waals surface area contributed by atoms with E-state index in [4.69, 9.17) is 4.42 Å². The van der Waals surface area contributed by atoms with Crippen LogP contribution in [0.4, 0.5) is 0 Å². The number of para-hydroxylation sites is 1. The Morgan fingerprint density at radius 1 is 0.606 bits per heavy atom. The van der Waals surface area contributed by atoms with Gasteiger partial charge in [-0.2, -0.15) is 0 Å². The Morgan fingerprint density at radius 2 is 1.39 bits per heavy atom. The van der Waals surface area contributed by atoms with Gasteiger partial charge in [0.05, 0.1) is 10.2 Å². The summed E-state index contributed by atoms with van der Waals surface area (Å²) in [5.74, 6) is 0. The van der Waals surface area contributed by atoms with Gasteiger partial charge in [0.2, 0.25) is 0 Å². The minimum absolute atomic E-state index is 0.928. The Kier molecular flexibility index (Phi) is 3.31. The largest absolute Gasteiger partial charge is 0.456 e. The number of hydrogen-bond donors (Lipinski definition) is 1. The van der Waals surface area contributed by atoms with E-state index in [0.717, 1.165) is 22.1 Å². The summed E-state index contributed by atoms with van der Waals surface area (Å²) in [5.41, 5.74) is 6.64. The van der Waals surface area contributed by atoms with Crippen LogP contribution in [0.5, 0.6) is 0 Å². The molecule has 3 heteroatoms. The number of nitrogens with one attached hydrogen (secondary N) is 1. The molecule has 33 heavy (non-hydrogen) atoms. The zero-order valence-electron chi connectivity index (χ0n) is 17.6. The quantitative estimate of drug-likeness (QED) is 0.271. The van der Waals surface area contributed by atoms with Crippen LogP contribution in [0.1, 0.15) is 0 Å². The molecule has 2 nitrogen and oxygen atoms in total. The summed E-state index contributed by atoms with van der Waals surface area (Å²) >= 11 is 1.87. The van der Waals surface area contributed by atoms with Crippen molar-refractivity contribution in [1.82, 2.24) is 4.98 Å². The van der Waals surface area contributed by atoms with Crippen molar-refractivity contribution in [3.63, 3.8) is 0 Å². The van der Waals surface area contributed by atoms with Crippen LogP contribution < -0.4 is 0 Å². The highest BCUT2D eigenvalue weighted by Crippen LogP contribution is 2.42. The lowest BCUT2D eigenvalue weighted by molar-refractivity contribution is 0.669. The van der Waals surface area contributed by atoms with E-state index < -0.39 is 0 Å². The Morgan fingerprint density at radius 3 is 2.36 bits per heavy atom. The Balaban J connectivity index is 1.42. The number of aromatic amines is 1. The zero-order chi connectivity index (χ0) is 21.5. The number of thiophene rings is 1. The third-order valence-corrected chi connectivity index (χ3v) is 8.03. The summed E-state index contributed by atoms with van der Waals surface area (Å²) in [6, 6.07) is 34.6. The molecular formula is C30H17NOS. The van der Waals surface area contributed by atoms with Crippen LogP contribution in [-0.2, 0) is 0 Å². The molecule has 0 saturated heterocycles. The van der Waals surface area contributed by atoms with E-state index in [1.807, 2.05) is 23.5 Å². The van der Waals surface area contributed by atoms with Gasteiger partial charge in [0.15, 0.2) is 0 Å². The molecule has 0 aliphatic rings. The molecule has 0 aliphatic carbocycles. The maximum absolute atomic E-state index is 6.12. The first kappa shape index (κ1) is 17.5. The smallest absolute Gasteiger partial charge is 0.136 e. The van der Waals surface area contributed by atoms with Crippen molar-refractivity contribution in [2.24, 2.45) is 0 Å². The van der Waals surface area contributed by atoms with E-state index in [2.05, 4.69) is 89.9 Å². The van der Waals surface area contributed by atoms with Gasteiger partial charge >= 0.3 is 0 Å². The first-order valence-corrected chi connectivity index (χ1v) is 11.9. The average Bonchev–Trinajstić information content (AvgIpc) is 3.54. The van der Waals surface area contributed by atoms with Crippen LogP contribution in [-0.4, -0.2) is 4.98 Å². The second-order valence-electron chi connectivity index (χ2n) is 8.63. The van der Waals surface area contributed by atoms with Crippen molar-refractivity contribution < 1.29 is 4.42 Å². The van der Waals surface area contributed by atoms with Gasteiger partial charge in [0, 0.05) is 42.5 Å². The molecule has 154 valence electrons. The lowest BCUT2D eigenvalue weighted by atomic mass is 9.98. The molecule has 0 bridgehead atoms. The summed E-state index contributed by atoms with van der Waals surface area (Å²) in [5, 5.41) is 7.53. The number of rotatable bonds is 1. The van der Waals surface area contributed by atoms with Gasteiger partial charge < -0.3 is 9.40 Å². The number of benzene rings is 5. The number of aromatic nitrogens is 1. The molecule has 3 heterocycles. The molecule has 0 fully saturated rings. The molecule has 0 atom stereocenters. The monoisotopic (exact) mass is 439 g/mol. The van der Waals surface area contributed by atoms with Crippen molar-refractivity contribution >= 4 is 75.3 Å². The number of furan rings is 1. The second kappa shape index (κ2) is 6.25. The first-order chi connectivity index (χ1) is 16.3. The fraction of sp³-hybridized carbons (Fsp3) is 0. The topological polar surface area (TPSA) is 28.9 Å². The van der Waals surface area contributed by atoms with Crippen molar-refractivity contribution in [2.45, 2.75) is 0 Å². The standard InChI is InChI=1S/C30H17NOS/c1-3-9-25-23(7-1)28-18(8-5-10-26(28)32-25)17-12-13-19-21-14-15-22-20-6-2-4-11-27(20)33-30(22)29(21)31-24(19)16-17/h1-16,31H. The van der Waals surface area contributed by atoms with Gasteiger partial charge in [-0.15, -0.1) is 11.3 Å². The minimum Gasteiger partial charge on any atom is -0.456 e. The molecule has 0 aliphatic heterocycles. The van der Waals surface area contributed by atoms with Gasteiger partial charge in [-0.3, -0.25) is 0 Å². The Labute approximate surface area is 192 Å². The number of fused-ring (bicyclic) bond motifs is 10. The van der Waals surface area contributed by atoms with E-state index in [9.17, 15) is 0 Å². The van der Waals surface area contributed by atoms with E-state index >= 15 is 0 Å². The summed E-state index contributed by atoms with van der Waals surface area (Å²) in [4.78, 5) is 3.76. The van der Waals surface area contributed by atoms with Crippen LogP contribution in [0.25, 0.3) is 75.0 Å². The van der Waals surface area contributed by atoms with Gasteiger partial charge in [0.25, 0.3) is 0 Å². The molecule has 1 N–H and O–H groups in total. The van der Waals surface area contributed by atoms with Crippen LogP contribution in [0.3, 0.4) is 0 Å². The molecule has 8 rings (SSSR count). The fourth-order valence-corrected chi connectivity index (χ4v) is 6.54. The van der Waals surface area contributed by atoms with E-state index in [-0.39, 0.29) is 0 Å². The maximum atomic E-state index is 6.12. The molecule has 0 radical (unpaired) electrons. The number of hydrogen-bond acceptors (Lipinski definition) is 2. The lowest BCUT2D eigenvalue weighted by Gasteiger charge is -2.04. The maximum Gasteiger partial charge on any atom is 0.136 e. The summed E-state index contributed by atoms with van der Waals surface area (Å²) in [6.07, 6.45) is 0. The average molecular weight is 440 g/mol. The zero-order valence-corrected chi connectivity index (χ0v) is 18.4. The molecule has 0 amide bonds. The fourth-order valence-electron chi connectivity index (χ4n) is 5.34. The second-order valence-corrected chi connectivity index (χ2v) is 9.68. The molecule has 0 unspecified atom stereocenters. The number of H-pyrrole nitrogens is 1. The van der Waals surface area contributed by atoms with E-state index in [1.54, 1.807) is 0 Å². The lowest BCUT2D eigenvalue weighted by Crippen LogP contribution is -1.80. The molecule has 3 aromatic heterocycles. The third kappa shape index (κ3) is 2.32. The minimum atomic E-state index is 0.928. The molecule has 5 aromatic carbocycles. The predicted octanol–water partition coefficient (Wildman–Crippen LogP) is 9.26. The highest BCUT2D eigenvalue weighted by atomic mass is 32.1. The van der Waals surface area contributed by atoms with Crippen molar-refractivity contribution in [1.29, 1.82) is 0 Å². The molecule has 0 saturated carbocycles. The van der Waals surface area contributed by atoms with Gasteiger partial charge in [0.1, 0.15) is 11.2 Å². The Hall–Kier alpha value is -4.08. The molecule has 8 aromatic rings. The van der Waals surface area contributed by atoms with Crippen LogP contribution in [0, 0.1) is 0 Å². The highest BCUT2D eigenvalue weighted by molar-refractivity contribution is 7.26. The van der Waals surface area contributed by atoms with Crippen molar-refractivity contribution in [3.8, 4) is 11.1 Å². The van der Waals surface area contributed by atoms with Crippen LogP contribution in [0.2, 0.25) is 0 Å². The highest BCUT2D eigenvalue weighted by Gasteiger charge is 2.15. The molecule has 0 spiro atoms. The summed E-state index contributed by atoms with van der Waals surface area (Å²) < 4.78 is 8.78. The molecular weight excluding hydrogens is 422 g/mol. The third-order valence-electron chi connectivity index (χ3n) is 6.83. The van der Waals surface area contributed by atoms with Crippen molar-refractivity contribution in [3.05, 3.63) is 97.1 Å². The SMILES string of the molecule is c1ccc2c(c1)oc1cccc(-c3ccc4c(c3)[nH]c3c4ccc4c5ccccc5sc43)c12. The summed E-state index contributed by atoms with van der Waals surface area (Å²) in [7, 11) is 0. The predicted molar refractivity (Wildman–Crippen MR) is 141 cm³/mol. The van der Waals surface area contributed by atoms with Crippen molar-refractivity contribution in [2.75, 3.05) is 0 Å². The van der Waals surface area contributed by atoms with E-state index in [0.29, 0.717) is 0 Å².